The highest BCUT2D eigenvalue weighted by molar-refractivity contribution is 7.91. The fraction of sp³-hybridized carbons (Fsp3) is 0.500. The number of nitrogens with zero attached hydrogens (tertiary/aromatic N) is 1. The van der Waals surface area contributed by atoms with Crippen LogP contribution in [0.5, 0.6) is 0 Å². The molecule has 2 N–H and O–H groups in total. The number of sulfone groups is 1. The largest absolute Gasteiger partial charge is 0.398 e. The predicted octanol–water partition coefficient (Wildman–Crippen LogP) is 1.07. The highest BCUT2D eigenvalue weighted by Crippen LogP contribution is 2.23. The molecule has 1 aromatic rings. The minimum Gasteiger partial charge on any atom is -0.398 e. The van der Waals surface area contributed by atoms with Gasteiger partial charge in [0, 0.05) is 24.5 Å². The standard InChI is InChI=1S/C12H18N2O2S/c1-2-10-3-4-11(9-12(10)13)14-5-7-17(15,16)8-6-14/h3-4,9H,2,5-8,13H2,1H3. The van der Waals surface area contributed by atoms with Crippen molar-refractivity contribution in [2.45, 2.75) is 13.3 Å². The van der Waals surface area contributed by atoms with E-state index in [4.69, 9.17) is 5.73 Å². The fourth-order valence-electron chi connectivity index (χ4n) is 2.07. The molecule has 94 valence electrons. The molecule has 0 spiro atoms. The van der Waals surface area contributed by atoms with Gasteiger partial charge in [-0.05, 0) is 24.1 Å². The van der Waals surface area contributed by atoms with Crippen molar-refractivity contribution in [3.05, 3.63) is 23.8 Å². The van der Waals surface area contributed by atoms with Crippen LogP contribution >= 0.6 is 0 Å². The van der Waals surface area contributed by atoms with E-state index in [2.05, 4.69) is 11.8 Å². The summed E-state index contributed by atoms with van der Waals surface area (Å²) in [5.41, 5.74) is 8.90. The van der Waals surface area contributed by atoms with Gasteiger partial charge in [0.1, 0.15) is 0 Å². The molecule has 1 heterocycles. The van der Waals surface area contributed by atoms with E-state index in [1.165, 1.54) is 0 Å². The first-order valence-corrected chi connectivity index (χ1v) is 7.68. The van der Waals surface area contributed by atoms with Crippen molar-refractivity contribution >= 4 is 21.2 Å². The minimum atomic E-state index is -2.82. The maximum Gasteiger partial charge on any atom is 0.153 e. The molecular weight excluding hydrogens is 236 g/mol. The topological polar surface area (TPSA) is 63.4 Å². The summed E-state index contributed by atoms with van der Waals surface area (Å²) < 4.78 is 22.7. The number of aryl methyl sites for hydroxylation is 1. The second kappa shape index (κ2) is 4.56. The Balaban J connectivity index is 2.16. The van der Waals surface area contributed by atoms with Gasteiger partial charge < -0.3 is 10.6 Å². The molecule has 5 heteroatoms. The first-order valence-electron chi connectivity index (χ1n) is 5.85. The molecular formula is C12H18N2O2S. The lowest BCUT2D eigenvalue weighted by molar-refractivity contribution is 0.587. The molecule has 0 saturated carbocycles. The van der Waals surface area contributed by atoms with E-state index in [9.17, 15) is 8.42 Å². The molecule has 0 bridgehead atoms. The van der Waals surface area contributed by atoms with Gasteiger partial charge in [0.15, 0.2) is 9.84 Å². The summed E-state index contributed by atoms with van der Waals surface area (Å²) >= 11 is 0. The molecule has 1 aliphatic heterocycles. The Morgan fingerprint density at radius 1 is 1.29 bits per heavy atom. The van der Waals surface area contributed by atoms with Crippen molar-refractivity contribution < 1.29 is 8.42 Å². The summed E-state index contributed by atoms with van der Waals surface area (Å²) in [6, 6.07) is 5.98. The van der Waals surface area contributed by atoms with Crippen LogP contribution in [-0.2, 0) is 16.3 Å². The van der Waals surface area contributed by atoms with Gasteiger partial charge in [0.05, 0.1) is 11.5 Å². The lowest BCUT2D eigenvalue weighted by Gasteiger charge is -2.29. The van der Waals surface area contributed by atoms with E-state index >= 15 is 0 Å². The third-order valence-corrected chi connectivity index (χ3v) is 4.83. The molecule has 2 rings (SSSR count). The lowest BCUT2D eigenvalue weighted by atomic mass is 10.1. The van der Waals surface area contributed by atoms with Crippen LogP contribution in [0.4, 0.5) is 11.4 Å². The van der Waals surface area contributed by atoms with Crippen LogP contribution in [0.3, 0.4) is 0 Å². The zero-order valence-corrected chi connectivity index (χ0v) is 10.8. The van der Waals surface area contributed by atoms with Gasteiger partial charge in [-0.15, -0.1) is 0 Å². The van der Waals surface area contributed by atoms with Gasteiger partial charge in [0.25, 0.3) is 0 Å². The number of benzene rings is 1. The van der Waals surface area contributed by atoms with Crippen molar-refractivity contribution in [3.8, 4) is 0 Å². The average Bonchev–Trinajstić information content (AvgIpc) is 2.29. The molecule has 1 fully saturated rings. The number of hydrogen-bond donors (Lipinski definition) is 1. The normalized spacial score (nSPS) is 19.2. The third kappa shape index (κ3) is 2.72. The molecule has 0 unspecified atom stereocenters. The van der Waals surface area contributed by atoms with Crippen LogP contribution in [0, 0.1) is 0 Å². The van der Waals surface area contributed by atoms with Crippen LogP contribution in [0.15, 0.2) is 18.2 Å². The van der Waals surface area contributed by atoms with E-state index in [-0.39, 0.29) is 11.5 Å². The Bertz CT molecular complexity index is 497. The third-order valence-electron chi connectivity index (χ3n) is 3.22. The Morgan fingerprint density at radius 3 is 2.47 bits per heavy atom. The van der Waals surface area contributed by atoms with E-state index < -0.39 is 9.84 Å². The first kappa shape index (κ1) is 12.2. The van der Waals surface area contributed by atoms with E-state index in [1.54, 1.807) is 0 Å². The van der Waals surface area contributed by atoms with E-state index in [1.807, 2.05) is 18.2 Å². The number of anilines is 2. The summed E-state index contributed by atoms with van der Waals surface area (Å²) in [5, 5.41) is 0. The molecule has 0 aromatic heterocycles. The maximum atomic E-state index is 11.3. The summed E-state index contributed by atoms with van der Waals surface area (Å²) in [6.45, 7) is 3.19. The molecule has 4 nitrogen and oxygen atoms in total. The molecule has 0 radical (unpaired) electrons. The van der Waals surface area contributed by atoms with Gasteiger partial charge in [0.2, 0.25) is 0 Å². The van der Waals surface area contributed by atoms with Crippen molar-refractivity contribution in [1.29, 1.82) is 0 Å². The quantitative estimate of drug-likeness (QED) is 0.802. The minimum absolute atomic E-state index is 0.239. The fourth-order valence-corrected chi connectivity index (χ4v) is 3.27. The van der Waals surface area contributed by atoms with Crippen LogP contribution < -0.4 is 10.6 Å². The predicted molar refractivity (Wildman–Crippen MR) is 71.1 cm³/mol. The summed E-state index contributed by atoms with van der Waals surface area (Å²) in [7, 11) is -2.82. The number of nitrogens with two attached hydrogens (primary N) is 1. The summed E-state index contributed by atoms with van der Waals surface area (Å²) in [5.74, 6) is 0.477. The number of hydrogen-bond acceptors (Lipinski definition) is 4. The highest BCUT2D eigenvalue weighted by atomic mass is 32.2. The Labute approximate surface area is 102 Å². The van der Waals surface area contributed by atoms with Crippen molar-refractivity contribution in [1.82, 2.24) is 0 Å². The first-order chi connectivity index (χ1) is 8.02. The molecule has 1 aromatic carbocycles. The van der Waals surface area contributed by atoms with Crippen LogP contribution in [-0.4, -0.2) is 33.0 Å². The van der Waals surface area contributed by atoms with Crippen LogP contribution in [0.2, 0.25) is 0 Å². The monoisotopic (exact) mass is 254 g/mol. The van der Waals surface area contributed by atoms with Crippen molar-refractivity contribution in [3.63, 3.8) is 0 Å². The second-order valence-electron chi connectivity index (χ2n) is 4.38. The Hall–Kier alpha value is -1.23. The SMILES string of the molecule is CCc1ccc(N2CCS(=O)(=O)CC2)cc1N. The highest BCUT2D eigenvalue weighted by Gasteiger charge is 2.21. The van der Waals surface area contributed by atoms with E-state index in [0.29, 0.717) is 13.1 Å². The molecule has 0 aliphatic carbocycles. The molecule has 17 heavy (non-hydrogen) atoms. The second-order valence-corrected chi connectivity index (χ2v) is 6.68. The number of rotatable bonds is 2. The molecule has 1 saturated heterocycles. The lowest BCUT2D eigenvalue weighted by Crippen LogP contribution is -2.40. The maximum absolute atomic E-state index is 11.3. The Morgan fingerprint density at radius 2 is 1.94 bits per heavy atom. The van der Waals surface area contributed by atoms with Gasteiger partial charge in [-0.1, -0.05) is 13.0 Å². The smallest absolute Gasteiger partial charge is 0.153 e. The van der Waals surface area contributed by atoms with Crippen LogP contribution in [0.25, 0.3) is 0 Å². The van der Waals surface area contributed by atoms with Gasteiger partial charge in [-0.25, -0.2) is 8.42 Å². The van der Waals surface area contributed by atoms with Crippen LogP contribution in [0.1, 0.15) is 12.5 Å². The van der Waals surface area contributed by atoms with Gasteiger partial charge in [-0.2, -0.15) is 0 Å². The zero-order valence-electron chi connectivity index (χ0n) is 10.0. The molecule has 0 amide bonds. The van der Waals surface area contributed by atoms with E-state index in [0.717, 1.165) is 23.4 Å². The van der Waals surface area contributed by atoms with Crippen molar-refractivity contribution in [2.24, 2.45) is 0 Å². The zero-order chi connectivity index (χ0) is 12.5. The molecule has 0 atom stereocenters. The van der Waals surface area contributed by atoms with Gasteiger partial charge >= 0.3 is 0 Å². The summed E-state index contributed by atoms with van der Waals surface area (Å²) in [4.78, 5) is 2.08. The Kier molecular flexibility index (Phi) is 3.28. The number of nitrogen functional groups attached to an aromatic ring is 1. The van der Waals surface area contributed by atoms with Gasteiger partial charge in [-0.3, -0.25) is 0 Å². The van der Waals surface area contributed by atoms with Crippen molar-refractivity contribution in [2.75, 3.05) is 35.2 Å². The molecule has 1 aliphatic rings. The average molecular weight is 254 g/mol. The summed E-state index contributed by atoms with van der Waals surface area (Å²) in [6.07, 6.45) is 0.917.